The third-order valence-corrected chi connectivity index (χ3v) is 4.21. The highest BCUT2D eigenvalue weighted by atomic mass is 16.3. The summed E-state index contributed by atoms with van der Waals surface area (Å²) in [5.41, 5.74) is 3.38. The second-order valence-corrected chi connectivity index (χ2v) is 5.77. The lowest BCUT2D eigenvalue weighted by molar-refractivity contribution is 0.0960. The van der Waals surface area contributed by atoms with Gasteiger partial charge < -0.3 is 4.42 Å². The van der Waals surface area contributed by atoms with Gasteiger partial charge in [-0.2, -0.15) is 5.10 Å². The Balaban J connectivity index is 1.72. The molecular formula is C18H16N2O2. The summed E-state index contributed by atoms with van der Waals surface area (Å²) >= 11 is 0. The third-order valence-electron chi connectivity index (χ3n) is 4.21. The molecule has 4 nitrogen and oxygen atoms in total. The van der Waals surface area contributed by atoms with Crippen molar-refractivity contribution in [3.05, 3.63) is 65.2 Å². The number of fused-ring (bicyclic) bond motifs is 1. The molecule has 1 aliphatic rings. The minimum Gasteiger partial charge on any atom is -0.466 e. The van der Waals surface area contributed by atoms with Crippen LogP contribution >= 0.6 is 0 Å². The predicted molar refractivity (Wildman–Crippen MR) is 82.9 cm³/mol. The maximum atomic E-state index is 12.6. The molecule has 1 aromatic carbocycles. The van der Waals surface area contributed by atoms with Crippen LogP contribution in [-0.2, 0) is 6.42 Å². The monoisotopic (exact) mass is 292 g/mol. The molecule has 1 N–H and O–H groups in total. The standard InChI is InChI=1S/C18H16N2O2/c1-11-7-8-16(22-11)13-9-14-17(15(21)10-13)18(20-19-14)12-5-3-2-4-6-12/h2-8,13H,9-10H2,1H3,(H,19,20)/t13-/m1/s1. The zero-order chi connectivity index (χ0) is 15.1. The number of carbonyl (C=O) groups is 1. The van der Waals surface area contributed by atoms with Crippen LogP contribution in [0.5, 0.6) is 0 Å². The van der Waals surface area contributed by atoms with Crippen molar-refractivity contribution in [1.29, 1.82) is 0 Å². The summed E-state index contributed by atoms with van der Waals surface area (Å²) in [5.74, 6) is 1.99. The Morgan fingerprint density at radius 3 is 2.68 bits per heavy atom. The SMILES string of the molecule is Cc1ccc([C@H]2CC(=O)c3c(-c4ccccc4)n[nH]c3C2)o1. The first-order chi connectivity index (χ1) is 10.7. The van der Waals surface area contributed by atoms with E-state index in [-0.39, 0.29) is 11.7 Å². The Bertz CT molecular complexity index is 830. The van der Waals surface area contributed by atoms with Crippen LogP contribution in [0.4, 0.5) is 0 Å². The van der Waals surface area contributed by atoms with Gasteiger partial charge in [-0.1, -0.05) is 30.3 Å². The van der Waals surface area contributed by atoms with Crippen LogP contribution < -0.4 is 0 Å². The van der Waals surface area contributed by atoms with Crippen molar-refractivity contribution in [2.24, 2.45) is 0 Å². The number of hydrogen-bond donors (Lipinski definition) is 1. The van der Waals surface area contributed by atoms with Crippen molar-refractivity contribution < 1.29 is 9.21 Å². The number of aromatic nitrogens is 2. The summed E-state index contributed by atoms with van der Waals surface area (Å²) in [5, 5.41) is 7.42. The van der Waals surface area contributed by atoms with Gasteiger partial charge >= 0.3 is 0 Å². The average Bonchev–Trinajstić information content (AvgIpc) is 3.14. The number of nitrogens with one attached hydrogen (secondary N) is 1. The highest BCUT2D eigenvalue weighted by molar-refractivity contribution is 6.03. The first-order valence-corrected chi connectivity index (χ1v) is 7.44. The van der Waals surface area contributed by atoms with E-state index < -0.39 is 0 Å². The molecule has 0 saturated carbocycles. The molecule has 0 aliphatic heterocycles. The molecule has 0 saturated heterocycles. The van der Waals surface area contributed by atoms with Crippen LogP contribution in [0.2, 0.25) is 0 Å². The van der Waals surface area contributed by atoms with Gasteiger partial charge in [0.2, 0.25) is 0 Å². The van der Waals surface area contributed by atoms with Gasteiger partial charge in [-0.15, -0.1) is 0 Å². The van der Waals surface area contributed by atoms with Crippen molar-refractivity contribution in [3.8, 4) is 11.3 Å². The van der Waals surface area contributed by atoms with Gasteiger partial charge in [0, 0.05) is 30.0 Å². The molecule has 4 rings (SSSR count). The zero-order valence-electron chi connectivity index (χ0n) is 12.3. The quantitative estimate of drug-likeness (QED) is 0.779. The average molecular weight is 292 g/mol. The van der Waals surface area contributed by atoms with Gasteiger partial charge in [0.1, 0.15) is 17.2 Å². The van der Waals surface area contributed by atoms with E-state index >= 15 is 0 Å². The summed E-state index contributed by atoms with van der Waals surface area (Å²) in [6, 6.07) is 13.7. The molecule has 0 amide bonds. The van der Waals surface area contributed by atoms with E-state index in [1.165, 1.54) is 0 Å². The fourth-order valence-electron chi connectivity index (χ4n) is 3.15. The molecule has 4 heteroatoms. The number of furan rings is 1. The maximum absolute atomic E-state index is 12.6. The molecule has 1 aliphatic carbocycles. The van der Waals surface area contributed by atoms with Gasteiger partial charge in [0.25, 0.3) is 0 Å². The maximum Gasteiger partial charge on any atom is 0.167 e. The van der Waals surface area contributed by atoms with Gasteiger partial charge in [-0.05, 0) is 19.1 Å². The largest absolute Gasteiger partial charge is 0.466 e. The fraction of sp³-hybridized carbons (Fsp3) is 0.222. The van der Waals surface area contributed by atoms with Crippen LogP contribution in [0, 0.1) is 6.92 Å². The third kappa shape index (κ3) is 2.08. The highest BCUT2D eigenvalue weighted by Gasteiger charge is 2.32. The minimum absolute atomic E-state index is 0.0952. The lowest BCUT2D eigenvalue weighted by atomic mass is 9.83. The molecule has 2 heterocycles. The molecule has 0 bridgehead atoms. The van der Waals surface area contributed by atoms with E-state index in [1.807, 2.05) is 49.4 Å². The minimum atomic E-state index is 0.0952. The van der Waals surface area contributed by atoms with Crippen molar-refractivity contribution in [3.63, 3.8) is 0 Å². The Morgan fingerprint density at radius 1 is 1.14 bits per heavy atom. The Hall–Kier alpha value is -2.62. The van der Waals surface area contributed by atoms with Gasteiger partial charge in [0.05, 0.1) is 5.56 Å². The molecule has 0 unspecified atom stereocenters. The fourth-order valence-corrected chi connectivity index (χ4v) is 3.15. The van der Waals surface area contributed by atoms with Crippen molar-refractivity contribution >= 4 is 5.78 Å². The van der Waals surface area contributed by atoms with Crippen LogP contribution in [-0.4, -0.2) is 16.0 Å². The lowest BCUT2D eigenvalue weighted by Gasteiger charge is -2.19. The Labute approximate surface area is 128 Å². The van der Waals surface area contributed by atoms with Crippen molar-refractivity contribution in [2.75, 3.05) is 0 Å². The number of aryl methyl sites for hydroxylation is 1. The smallest absolute Gasteiger partial charge is 0.167 e. The summed E-state index contributed by atoms with van der Waals surface area (Å²) in [6.45, 7) is 1.92. The first kappa shape index (κ1) is 13.1. The second-order valence-electron chi connectivity index (χ2n) is 5.77. The van der Waals surface area contributed by atoms with E-state index in [4.69, 9.17) is 4.42 Å². The number of aromatic amines is 1. The Kier molecular flexibility index (Phi) is 2.96. The zero-order valence-corrected chi connectivity index (χ0v) is 12.3. The van der Waals surface area contributed by atoms with Gasteiger partial charge in [-0.25, -0.2) is 0 Å². The van der Waals surface area contributed by atoms with Crippen LogP contribution in [0.3, 0.4) is 0 Å². The Morgan fingerprint density at radius 2 is 1.95 bits per heavy atom. The van der Waals surface area contributed by atoms with E-state index in [1.54, 1.807) is 0 Å². The number of benzene rings is 1. The van der Waals surface area contributed by atoms with E-state index in [9.17, 15) is 4.79 Å². The number of Topliss-reactive ketones (excluding diaryl/α,β-unsaturated/α-hetero) is 1. The van der Waals surface area contributed by atoms with Crippen LogP contribution in [0.15, 0.2) is 46.9 Å². The molecule has 1 atom stereocenters. The summed E-state index contributed by atoms with van der Waals surface area (Å²) in [4.78, 5) is 12.6. The van der Waals surface area contributed by atoms with Crippen LogP contribution in [0.1, 0.15) is 39.9 Å². The van der Waals surface area contributed by atoms with Crippen molar-refractivity contribution in [1.82, 2.24) is 10.2 Å². The summed E-state index contributed by atoms with van der Waals surface area (Å²) in [7, 11) is 0. The molecule has 22 heavy (non-hydrogen) atoms. The van der Waals surface area contributed by atoms with Crippen LogP contribution in [0.25, 0.3) is 11.3 Å². The summed E-state index contributed by atoms with van der Waals surface area (Å²) in [6.07, 6.45) is 1.23. The number of rotatable bonds is 2. The predicted octanol–water partition coefficient (Wildman–Crippen LogP) is 3.89. The molecular weight excluding hydrogens is 276 g/mol. The van der Waals surface area contributed by atoms with E-state index in [2.05, 4.69) is 10.2 Å². The molecule has 110 valence electrons. The second kappa shape index (κ2) is 4.98. The topological polar surface area (TPSA) is 58.9 Å². The van der Waals surface area contributed by atoms with Crippen molar-refractivity contribution in [2.45, 2.75) is 25.7 Å². The number of ketones is 1. The molecule has 0 fully saturated rings. The van der Waals surface area contributed by atoms with Gasteiger partial charge in [0.15, 0.2) is 5.78 Å². The first-order valence-electron chi connectivity index (χ1n) is 7.44. The molecule has 3 aromatic rings. The lowest BCUT2D eigenvalue weighted by Crippen LogP contribution is -2.18. The molecule has 0 spiro atoms. The van der Waals surface area contributed by atoms with Gasteiger partial charge in [-0.3, -0.25) is 9.89 Å². The normalized spacial score (nSPS) is 17.5. The number of H-pyrrole nitrogens is 1. The number of hydrogen-bond acceptors (Lipinski definition) is 3. The summed E-state index contributed by atoms with van der Waals surface area (Å²) < 4.78 is 5.69. The highest BCUT2D eigenvalue weighted by Crippen LogP contribution is 2.36. The molecule has 0 radical (unpaired) electrons. The van der Waals surface area contributed by atoms with E-state index in [0.29, 0.717) is 6.42 Å². The van der Waals surface area contributed by atoms with E-state index in [0.717, 1.165) is 40.5 Å². The number of carbonyl (C=O) groups excluding carboxylic acids is 1. The number of nitrogens with zero attached hydrogens (tertiary/aromatic N) is 1. The molecule has 2 aromatic heterocycles.